The molecule has 2 N–H and O–H groups in total. The van der Waals surface area contributed by atoms with E-state index in [4.69, 9.17) is 11.6 Å². The van der Waals surface area contributed by atoms with Crippen LogP contribution in [0, 0.1) is 17.5 Å². The maximum atomic E-state index is 13.9. The standard InChI is InChI=1S/C19H13ClF3N3O2/c20-15-12(21)5-4-11-10(7-24-17(11)15)6-14-18(27)26(19(28)25-14)8-9-2-1-3-13(22)16(9)23/h1-5,7,14,24H,6,8H2,(H,25,28)/t14-/m1/s1. The van der Waals surface area contributed by atoms with Crippen LogP contribution in [0.4, 0.5) is 18.0 Å². The van der Waals surface area contributed by atoms with Crippen LogP contribution < -0.4 is 5.32 Å². The number of urea groups is 1. The zero-order chi connectivity index (χ0) is 20.0. The average Bonchev–Trinajstić information content (AvgIpc) is 3.18. The van der Waals surface area contributed by atoms with Gasteiger partial charge in [-0.3, -0.25) is 9.69 Å². The fraction of sp³-hybridized carbons (Fsp3) is 0.158. The van der Waals surface area contributed by atoms with Crippen molar-refractivity contribution in [3.05, 3.63) is 70.1 Å². The molecule has 1 aromatic heterocycles. The molecule has 1 saturated heterocycles. The van der Waals surface area contributed by atoms with Gasteiger partial charge >= 0.3 is 6.03 Å². The lowest BCUT2D eigenvalue weighted by molar-refractivity contribution is -0.127. The van der Waals surface area contributed by atoms with Gasteiger partial charge in [0.15, 0.2) is 11.6 Å². The lowest BCUT2D eigenvalue weighted by Gasteiger charge is -2.14. The molecule has 0 aliphatic carbocycles. The number of benzene rings is 2. The van der Waals surface area contributed by atoms with Crippen LogP contribution in [0.1, 0.15) is 11.1 Å². The summed E-state index contributed by atoms with van der Waals surface area (Å²) in [4.78, 5) is 28.5. The third kappa shape index (κ3) is 2.99. The molecule has 0 spiro atoms. The summed E-state index contributed by atoms with van der Waals surface area (Å²) in [7, 11) is 0. The highest BCUT2D eigenvalue weighted by molar-refractivity contribution is 6.35. The van der Waals surface area contributed by atoms with Crippen LogP contribution in [0.25, 0.3) is 10.9 Å². The molecule has 144 valence electrons. The third-order valence-corrected chi connectivity index (χ3v) is 5.09. The van der Waals surface area contributed by atoms with Gasteiger partial charge < -0.3 is 10.3 Å². The lowest BCUT2D eigenvalue weighted by Crippen LogP contribution is -2.32. The SMILES string of the molecule is O=C1N[C@H](Cc2c[nH]c3c(Cl)c(F)ccc23)C(=O)N1Cc1cccc(F)c1F. The minimum Gasteiger partial charge on any atom is -0.360 e. The van der Waals surface area contributed by atoms with Crippen LogP contribution in [0.2, 0.25) is 5.02 Å². The predicted octanol–water partition coefficient (Wildman–Crippen LogP) is 3.90. The van der Waals surface area contributed by atoms with E-state index in [-0.39, 0.29) is 23.6 Å². The van der Waals surface area contributed by atoms with E-state index in [9.17, 15) is 22.8 Å². The summed E-state index contributed by atoms with van der Waals surface area (Å²) in [5.41, 5.74) is 0.958. The highest BCUT2D eigenvalue weighted by Crippen LogP contribution is 2.29. The van der Waals surface area contributed by atoms with Crippen molar-refractivity contribution in [2.24, 2.45) is 0 Å². The van der Waals surface area contributed by atoms with Crippen molar-refractivity contribution in [1.29, 1.82) is 0 Å². The smallest absolute Gasteiger partial charge is 0.325 e. The Hall–Kier alpha value is -3.00. The van der Waals surface area contributed by atoms with Crippen LogP contribution in [-0.4, -0.2) is 27.9 Å². The maximum Gasteiger partial charge on any atom is 0.325 e. The van der Waals surface area contributed by atoms with Gasteiger partial charge in [-0.2, -0.15) is 0 Å². The molecule has 28 heavy (non-hydrogen) atoms. The first-order valence-electron chi connectivity index (χ1n) is 8.35. The van der Waals surface area contributed by atoms with Gasteiger partial charge in [0.05, 0.1) is 12.1 Å². The molecule has 2 aromatic carbocycles. The Morgan fingerprint density at radius 1 is 1.04 bits per heavy atom. The predicted molar refractivity (Wildman–Crippen MR) is 96.2 cm³/mol. The number of rotatable bonds is 4. The number of aromatic nitrogens is 1. The van der Waals surface area contributed by atoms with Gasteiger partial charge in [0.2, 0.25) is 0 Å². The van der Waals surface area contributed by atoms with E-state index in [1.807, 2.05) is 0 Å². The molecule has 0 unspecified atom stereocenters. The number of hydrogen-bond acceptors (Lipinski definition) is 2. The van der Waals surface area contributed by atoms with Crippen molar-refractivity contribution in [3.8, 4) is 0 Å². The highest BCUT2D eigenvalue weighted by Gasteiger charge is 2.38. The summed E-state index contributed by atoms with van der Waals surface area (Å²) in [6.07, 6.45) is 1.72. The summed E-state index contributed by atoms with van der Waals surface area (Å²) < 4.78 is 40.8. The Morgan fingerprint density at radius 2 is 1.82 bits per heavy atom. The molecule has 1 fully saturated rings. The molecule has 0 radical (unpaired) electrons. The fourth-order valence-corrected chi connectivity index (χ4v) is 3.51. The molecule has 1 atom stereocenters. The van der Waals surface area contributed by atoms with Crippen molar-refractivity contribution < 1.29 is 22.8 Å². The Morgan fingerprint density at radius 3 is 2.61 bits per heavy atom. The van der Waals surface area contributed by atoms with Gasteiger partial charge in [0.1, 0.15) is 16.9 Å². The zero-order valence-corrected chi connectivity index (χ0v) is 15.0. The van der Waals surface area contributed by atoms with Crippen molar-refractivity contribution in [3.63, 3.8) is 0 Å². The number of nitrogens with zero attached hydrogens (tertiary/aromatic N) is 1. The number of hydrogen-bond donors (Lipinski definition) is 2. The minimum atomic E-state index is -1.10. The summed E-state index contributed by atoms with van der Waals surface area (Å²) in [6.45, 7) is -0.379. The lowest BCUT2D eigenvalue weighted by atomic mass is 10.0. The van der Waals surface area contributed by atoms with Crippen molar-refractivity contribution in [1.82, 2.24) is 15.2 Å². The van der Waals surface area contributed by atoms with Gasteiger partial charge in [-0.15, -0.1) is 0 Å². The summed E-state index contributed by atoms with van der Waals surface area (Å²) in [5.74, 6) is -3.28. The second-order valence-corrected chi connectivity index (χ2v) is 6.82. The largest absolute Gasteiger partial charge is 0.360 e. The second kappa shape index (κ2) is 6.87. The number of halogens is 4. The van der Waals surface area contributed by atoms with Crippen molar-refractivity contribution in [2.75, 3.05) is 0 Å². The quantitative estimate of drug-likeness (QED) is 0.644. The Bertz CT molecular complexity index is 1120. The van der Waals surface area contributed by atoms with E-state index in [1.54, 1.807) is 6.20 Å². The molecule has 0 saturated carbocycles. The second-order valence-electron chi connectivity index (χ2n) is 6.44. The van der Waals surface area contributed by atoms with Gasteiger partial charge in [0, 0.05) is 23.6 Å². The normalized spacial score (nSPS) is 16.9. The van der Waals surface area contributed by atoms with Crippen molar-refractivity contribution in [2.45, 2.75) is 19.0 Å². The molecule has 1 aliphatic rings. The van der Waals surface area contributed by atoms with Crippen LogP contribution >= 0.6 is 11.6 Å². The molecule has 4 rings (SSSR count). The van der Waals surface area contributed by atoms with Crippen LogP contribution in [-0.2, 0) is 17.8 Å². The molecule has 1 aliphatic heterocycles. The van der Waals surface area contributed by atoms with Gasteiger partial charge in [-0.1, -0.05) is 23.7 Å². The molecule has 3 amide bonds. The summed E-state index contributed by atoms with van der Waals surface area (Å²) in [6, 6.07) is 4.74. The zero-order valence-electron chi connectivity index (χ0n) is 14.2. The van der Waals surface area contributed by atoms with Gasteiger partial charge in [0.25, 0.3) is 5.91 Å². The minimum absolute atomic E-state index is 0.0614. The topological polar surface area (TPSA) is 65.2 Å². The first-order valence-corrected chi connectivity index (χ1v) is 8.73. The number of imide groups is 1. The van der Waals surface area contributed by atoms with E-state index < -0.39 is 35.4 Å². The summed E-state index contributed by atoms with van der Waals surface area (Å²) in [5, 5.41) is 3.10. The molecule has 5 nitrogen and oxygen atoms in total. The molecule has 0 bridgehead atoms. The number of amides is 3. The number of H-pyrrole nitrogens is 1. The summed E-state index contributed by atoms with van der Waals surface area (Å²) >= 11 is 5.93. The fourth-order valence-electron chi connectivity index (χ4n) is 3.29. The Balaban J connectivity index is 1.56. The monoisotopic (exact) mass is 407 g/mol. The average molecular weight is 408 g/mol. The molecular formula is C19H13ClF3N3O2. The number of carbonyl (C=O) groups excluding carboxylic acids is 2. The Kier molecular flexibility index (Phi) is 4.50. The van der Waals surface area contributed by atoms with E-state index in [1.165, 1.54) is 24.3 Å². The van der Waals surface area contributed by atoms with Crippen molar-refractivity contribution >= 4 is 34.4 Å². The highest BCUT2D eigenvalue weighted by atomic mass is 35.5. The Labute approximate surface area is 162 Å². The van der Waals surface area contributed by atoms with Gasteiger partial charge in [-0.25, -0.2) is 18.0 Å². The van der Waals surface area contributed by atoms with E-state index in [2.05, 4.69) is 10.3 Å². The van der Waals surface area contributed by atoms with Crippen LogP contribution in [0.3, 0.4) is 0 Å². The third-order valence-electron chi connectivity index (χ3n) is 4.72. The molecule has 3 aromatic rings. The van der Waals surface area contributed by atoms with E-state index in [0.29, 0.717) is 16.5 Å². The van der Waals surface area contributed by atoms with Gasteiger partial charge in [-0.05, 0) is 23.8 Å². The molecular weight excluding hydrogens is 395 g/mol. The van der Waals surface area contributed by atoms with Crippen LogP contribution in [0.15, 0.2) is 36.5 Å². The number of aromatic amines is 1. The van der Waals surface area contributed by atoms with Crippen LogP contribution in [0.5, 0.6) is 0 Å². The maximum absolute atomic E-state index is 13.9. The number of carbonyl (C=O) groups is 2. The van der Waals surface area contributed by atoms with E-state index >= 15 is 0 Å². The number of nitrogens with one attached hydrogen (secondary N) is 2. The van der Waals surface area contributed by atoms with E-state index in [0.717, 1.165) is 11.0 Å². The number of fused-ring (bicyclic) bond motifs is 1. The molecule has 2 heterocycles. The molecule has 9 heteroatoms. The first kappa shape index (κ1) is 18.4. The first-order chi connectivity index (χ1) is 13.4.